The number of rotatable bonds is 8. The minimum absolute atomic E-state index is 0. The lowest BCUT2D eigenvalue weighted by Gasteiger charge is -2.19. The van der Waals surface area contributed by atoms with E-state index in [9.17, 15) is 0 Å². The molecule has 0 N–H and O–H groups in total. The smallest absolute Gasteiger partial charge is 0.161 e. The number of hydrogen-bond acceptors (Lipinski definition) is 3. The molecule has 0 aromatic heterocycles. The fraction of sp³-hybridized carbons (Fsp3) is 0.348. The van der Waals surface area contributed by atoms with Crippen LogP contribution in [0.1, 0.15) is 43.4 Å². The summed E-state index contributed by atoms with van der Waals surface area (Å²) in [7, 11) is 0. The normalized spacial score (nSPS) is 12.9. The van der Waals surface area contributed by atoms with Gasteiger partial charge in [-0.2, -0.15) is 0 Å². The molecule has 0 amide bonds. The molecule has 0 saturated heterocycles. The summed E-state index contributed by atoms with van der Waals surface area (Å²) in [5.41, 5.74) is 4.14. The molecule has 2 aromatic carbocycles. The number of nitrogens with zero attached hydrogens (tertiary/aromatic N) is 1. The van der Waals surface area contributed by atoms with Crippen LogP contribution in [0, 0.1) is 0 Å². The van der Waals surface area contributed by atoms with Gasteiger partial charge in [-0.05, 0) is 61.2 Å². The molecule has 3 nitrogen and oxygen atoms in total. The fourth-order valence-electron chi connectivity index (χ4n) is 3.08. The maximum atomic E-state index is 6.28. The van der Waals surface area contributed by atoms with Crippen LogP contribution in [0.15, 0.2) is 41.4 Å². The van der Waals surface area contributed by atoms with Crippen LogP contribution in [0.5, 0.6) is 11.5 Å². The van der Waals surface area contributed by atoms with E-state index in [-0.39, 0.29) is 12.4 Å². The first kappa shape index (κ1) is 23.6. The highest BCUT2D eigenvalue weighted by Gasteiger charge is 2.17. The molecule has 2 aromatic rings. The predicted octanol–water partition coefficient (Wildman–Crippen LogP) is 7.05. The summed E-state index contributed by atoms with van der Waals surface area (Å²) in [5, 5.41) is 1.24. The van der Waals surface area contributed by atoms with Crippen molar-refractivity contribution >= 4 is 47.4 Å². The molecule has 0 radical (unpaired) electrons. The largest absolute Gasteiger partial charge is 0.490 e. The van der Waals surface area contributed by atoms with Crippen LogP contribution < -0.4 is 9.47 Å². The lowest BCUT2D eigenvalue weighted by atomic mass is 9.96. The second kappa shape index (κ2) is 11.5. The van der Waals surface area contributed by atoms with Crippen LogP contribution in [-0.2, 0) is 6.42 Å². The highest BCUT2D eigenvalue weighted by atomic mass is 35.5. The minimum atomic E-state index is 0. The lowest BCUT2D eigenvalue weighted by molar-refractivity contribution is 0.272. The van der Waals surface area contributed by atoms with E-state index in [0.717, 1.165) is 54.1 Å². The van der Waals surface area contributed by atoms with Gasteiger partial charge in [0.05, 0.1) is 18.9 Å². The van der Waals surface area contributed by atoms with Gasteiger partial charge in [-0.1, -0.05) is 48.7 Å². The maximum absolute atomic E-state index is 6.28. The van der Waals surface area contributed by atoms with E-state index in [0.29, 0.717) is 23.3 Å². The Labute approximate surface area is 189 Å². The van der Waals surface area contributed by atoms with Crippen LogP contribution in [0.3, 0.4) is 0 Å². The van der Waals surface area contributed by atoms with Crippen LogP contribution in [-0.4, -0.2) is 25.5 Å². The zero-order chi connectivity index (χ0) is 19.9. The molecule has 1 heterocycles. The standard InChI is InChI=1S/C23H25Cl2NO2.ClH/c1-3-5-12-28-22-13-17-10-11-26-21(19(17)15-23(22)27-4-2)9-7-16-6-8-18(24)14-20(16)25;/h6-9,13-15H,3-5,10-12H2,1-2H3;1H. The molecule has 29 heavy (non-hydrogen) atoms. The molecule has 0 bridgehead atoms. The van der Waals surface area contributed by atoms with Gasteiger partial charge in [-0.25, -0.2) is 0 Å². The average molecular weight is 455 g/mol. The third kappa shape index (κ3) is 6.15. The summed E-state index contributed by atoms with van der Waals surface area (Å²) >= 11 is 12.3. The summed E-state index contributed by atoms with van der Waals surface area (Å²) in [6.45, 7) is 6.18. The van der Waals surface area contributed by atoms with Crippen molar-refractivity contribution in [3.8, 4) is 11.5 Å². The molecule has 0 saturated carbocycles. The molecular weight excluding hydrogens is 429 g/mol. The lowest BCUT2D eigenvalue weighted by Crippen LogP contribution is -2.12. The van der Waals surface area contributed by atoms with Crippen molar-refractivity contribution in [3.05, 3.63) is 63.1 Å². The Morgan fingerprint density at radius 2 is 1.83 bits per heavy atom. The number of fused-ring (bicyclic) bond motifs is 1. The Morgan fingerprint density at radius 3 is 2.55 bits per heavy atom. The van der Waals surface area contributed by atoms with Gasteiger partial charge in [0.2, 0.25) is 0 Å². The number of ether oxygens (including phenoxy) is 2. The fourth-order valence-corrected chi connectivity index (χ4v) is 3.56. The molecule has 1 aliphatic rings. The third-order valence-electron chi connectivity index (χ3n) is 4.55. The van der Waals surface area contributed by atoms with Crippen molar-refractivity contribution in [1.29, 1.82) is 0 Å². The highest BCUT2D eigenvalue weighted by Crippen LogP contribution is 2.34. The van der Waals surface area contributed by atoms with Gasteiger partial charge >= 0.3 is 0 Å². The third-order valence-corrected chi connectivity index (χ3v) is 5.11. The molecule has 3 rings (SSSR count). The van der Waals surface area contributed by atoms with E-state index in [4.69, 9.17) is 37.7 Å². The van der Waals surface area contributed by atoms with E-state index in [2.05, 4.69) is 13.0 Å². The summed E-state index contributed by atoms with van der Waals surface area (Å²) in [4.78, 5) is 4.70. The molecule has 0 fully saturated rings. The number of allylic oxidation sites excluding steroid dienone is 1. The quantitative estimate of drug-likeness (QED) is 0.400. The number of halogens is 3. The Hall–Kier alpha value is -1.68. The van der Waals surface area contributed by atoms with Crippen molar-refractivity contribution in [2.45, 2.75) is 33.1 Å². The van der Waals surface area contributed by atoms with Gasteiger partial charge in [0.25, 0.3) is 0 Å². The van der Waals surface area contributed by atoms with Gasteiger partial charge in [0.1, 0.15) is 0 Å². The van der Waals surface area contributed by atoms with Crippen LogP contribution in [0.4, 0.5) is 0 Å². The van der Waals surface area contributed by atoms with Crippen molar-refractivity contribution < 1.29 is 9.47 Å². The molecule has 0 aliphatic carbocycles. The topological polar surface area (TPSA) is 30.8 Å². The molecule has 156 valence electrons. The second-order valence-electron chi connectivity index (χ2n) is 6.61. The van der Waals surface area contributed by atoms with Crippen molar-refractivity contribution in [2.24, 2.45) is 4.99 Å². The molecule has 0 spiro atoms. The van der Waals surface area contributed by atoms with E-state index >= 15 is 0 Å². The van der Waals surface area contributed by atoms with E-state index in [1.54, 1.807) is 6.07 Å². The van der Waals surface area contributed by atoms with E-state index < -0.39 is 0 Å². The van der Waals surface area contributed by atoms with Crippen molar-refractivity contribution in [3.63, 3.8) is 0 Å². The SMILES string of the molecule is CCCCOc1cc2c(cc1OCC)C(C=Cc1ccc(Cl)cc1Cl)=NCC2.Cl. The molecule has 6 heteroatoms. The van der Waals surface area contributed by atoms with Crippen LogP contribution in [0.2, 0.25) is 10.0 Å². The summed E-state index contributed by atoms with van der Waals surface area (Å²) in [5.74, 6) is 1.59. The summed E-state index contributed by atoms with van der Waals surface area (Å²) in [6.07, 6.45) is 6.99. The zero-order valence-corrected chi connectivity index (χ0v) is 19.0. The van der Waals surface area contributed by atoms with E-state index in [1.165, 1.54) is 5.56 Å². The Kier molecular flexibility index (Phi) is 9.35. The number of aliphatic imine (C=N–C) groups is 1. The molecule has 1 aliphatic heterocycles. The van der Waals surface area contributed by atoms with Gasteiger partial charge in [-0.3, -0.25) is 4.99 Å². The summed E-state index contributed by atoms with van der Waals surface area (Å²) in [6, 6.07) is 9.63. The highest BCUT2D eigenvalue weighted by molar-refractivity contribution is 6.35. The van der Waals surface area contributed by atoms with Crippen LogP contribution in [0.25, 0.3) is 6.08 Å². The maximum Gasteiger partial charge on any atom is 0.161 e. The van der Waals surface area contributed by atoms with Gasteiger partial charge in [0, 0.05) is 22.2 Å². The molecular formula is C23H26Cl3NO2. The van der Waals surface area contributed by atoms with Crippen molar-refractivity contribution in [2.75, 3.05) is 19.8 Å². The Morgan fingerprint density at radius 1 is 1.03 bits per heavy atom. The zero-order valence-electron chi connectivity index (χ0n) is 16.7. The Balaban J connectivity index is 0.00000300. The Bertz CT molecular complexity index is 894. The first-order valence-electron chi connectivity index (χ1n) is 9.72. The number of unbranched alkanes of at least 4 members (excludes halogenated alkanes) is 1. The average Bonchev–Trinajstić information content (AvgIpc) is 2.68. The first-order chi connectivity index (χ1) is 13.6. The monoisotopic (exact) mass is 453 g/mol. The second-order valence-corrected chi connectivity index (χ2v) is 7.45. The van der Waals surface area contributed by atoms with Gasteiger partial charge in [0.15, 0.2) is 11.5 Å². The van der Waals surface area contributed by atoms with Gasteiger partial charge in [-0.15, -0.1) is 12.4 Å². The minimum Gasteiger partial charge on any atom is -0.490 e. The molecule has 0 atom stereocenters. The van der Waals surface area contributed by atoms with Crippen molar-refractivity contribution in [1.82, 2.24) is 0 Å². The number of benzene rings is 2. The predicted molar refractivity (Wildman–Crippen MR) is 126 cm³/mol. The first-order valence-corrected chi connectivity index (χ1v) is 10.5. The molecule has 0 unspecified atom stereocenters. The van der Waals surface area contributed by atoms with Crippen LogP contribution >= 0.6 is 35.6 Å². The summed E-state index contributed by atoms with van der Waals surface area (Å²) < 4.78 is 11.8. The number of hydrogen-bond donors (Lipinski definition) is 0. The van der Waals surface area contributed by atoms with Gasteiger partial charge < -0.3 is 9.47 Å². The van der Waals surface area contributed by atoms with E-state index in [1.807, 2.05) is 37.3 Å².